The van der Waals surface area contributed by atoms with Crippen molar-refractivity contribution in [2.75, 3.05) is 5.32 Å². The Morgan fingerprint density at radius 2 is 1.71 bits per heavy atom. The Balaban J connectivity index is 0.00000102. The van der Waals surface area contributed by atoms with Gasteiger partial charge in [-0.2, -0.15) is 0 Å². The number of aromatic nitrogens is 2. The summed E-state index contributed by atoms with van der Waals surface area (Å²) < 4.78 is 23.6. The van der Waals surface area contributed by atoms with Gasteiger partial charge in [0.15, 0.2) is 12.0 Å². The maximum absolute atomic E-state index is 13.3. The summed E-state index contributed by atoms with van der Waals surface area (Å²) in [6, 6.07) is 21.0. The molecule has 8 nitrogen and oxygen atoms in total. The number of benzene rings is 3. The monoisotopic (exact) mass is 835 g/mol. The topological polar surface area (TPSA) is 118 Å². The minimum absolute atomic E-state index is 0. The average molecular weight is 836 g/mol. The molecule has 11 heteroatoms. The minimum atomic E-state index is -0.293. The standard InChI is InChI=1S/C22H17ClFN3O.C5H4O2.2C2H6.Es.H2O2/c1-14-5-7-20-18(9-14)22(26-13-25-20)27-17-6-8-21(19(23)11-17)28-12-15-3-2-4-16(24)10-15;6-4-5-2-1-3-7-5;2*1-2;;1-2/h2-11,13H,12H2,1H3,(H,25,26,27);1-4H;2*1-2H3;;1-2H. The van der Waals surface area contributed by atoms with Crippen molar-refractivity contribution in [2.45, 2.75) is 41.2 Å². The third-order valence-electron chi connectivity index (χ3n) is 4.93. The van der Waals surface area contributed by atoms with E-state index in [-0.39, 0.29) is 12.4 Å². The van der Waals surface area contributed by atoms with Crippen molar-refractivity contribution < 1.29 is 28.9 Å². The second-order valence-electron chi connectivity index (χ2n) is 7.56. The van der Waals surface area contributed by atoms with Gasteiger partial charge in [-0.05, 0) is 67.1 Å². The number of hydrogen-bond acceptors (Lipinski definition) is 8. The molecule has 0 amide bonds. The second kappa shape index (κ2) is 20.6. The maximum atomic E-state index is 13.3. The van der Waals surface area contributed by atoms with E-state index in [0.717, 1.165) is 27.7 Å². The van der Waals surface area contributed by atoms with Gasteiger partial charge in [-0.25, -0.2) is 14.4 Å². The first-order chi connectivity index (χ1) is 20.0. The largest absolute Gasteiger partial charge is 0.487 e. The molecule has 0 aliphatic heterocycles. The number of nitrogens with zero attached hydrogens (tertiary/aromatic N) is 2. The Morgan fingerprint density at radius 1 is 0.976 bits per heavy atom. The molecule has 0 aliphatic carbocycles. The van der Waals surface area contributed by atoms with E-state index in [9.17, 15) is 9.18 Å². The zero-order valence-electron chi connectivity index (χ0n) is 23.9. The van der Waals surface area contributed by atoms with E-state index in [4.69, 9.17) is 26.9 Å². The summed E-state index contributed by atoms with van der Waals surface area (Å²) in [5, 5.41) is 16.7. The van der Waals surface area contributed by atoms with Gasteiger partial charge >= 0.3 is 0 Å². The number of carbonyl (C=O) groups excluding carboxylic acids is 1. The molecule has 0 unspecified atom stereocenters. The zero-order chi connectivity index (χ0) is 30.6. The van der Waals surface area contributed by atoms with Crippen LogP contribution in [0.1, 0.15) is 49.4 Å². The Bertz CT molecular complexity index is 1460. The Hall–Kier alpha value is -5.31. The zero-order valence-corrected chi connectivity index (χ0v) is 27.2. The number of carbonyl (C=O) groups is 1. The number of hydrogen-bond donors (Lipinski definition) is 3. The molecule has 0 aliphatic rings. The Kier molecular flexibility index (Phi) is 18.0. The molecule has 2 aromatic heterocycles. The van der Waals surface area contributed by atoms with Crippen LogP contribution in [0.2, 0.25) is 5.02 Å². The first-order valence-corrected chi connectivity index (χ1v) is 13.2. The Labute approximate surface area is 244 Å². The van der Waals surface area contributed by atoms with Crippen LogP contribution < -0.4 is 10.1 Å². The summed E-state index contributed by atoms with van der Waals surface area (Å²) in [6.07, 6.45) is 3.65. The van der Waals surface area contributed by atoms with Crippen LogP contribution in [0.3, 0.4) is 0 Å². The van der Waals surface area contributed by atoms with Crippen molar-refractivity contribution in [1.82, 2.24) is 9.97 Å². The van der Waals surface area contributed by atoms with Crippen LogP contribution in [-0.4, -0.2) is 26.8 Å². The fourth-order valence-electron chi connectivity index (χ4n) is 3.25. The van der Waals surface area contributed by atoms with Crippen molar-refractivity contribution in [3.63, 3.8) is 0 Å². The van der Waals surface area contributed by atoms with Crippen LogP contribution in [-0.2, 0) is 6.61 Å². The molecule has 0 atom stereocenters. The van der Waals surface area contributed by atoms with Gasteiger partial charge in [-0.3, -0.25) is 15.3 Å². The summed E-state index contributed by atoms with van der Waals surface area (Å²) in [4.78, 5) is 18.4. The van der Waals surface area contributed by atoms with E-state index in [1.807, 2.05) is 58.9 Å². The van der Waals surface area contributed by atoms with Crippen LogP contribution in [0.5, 0.6) is 5.75 Å². The van der Waals surface area contributed by atoms with Crippen LogP contribution in [0.25, 0.3) is 10.9 Å². The first kappa shape index (κ1) is 36.7. The molecule has 0 saturated carbocycles. The van der Waals surface area contributed by atoms with Gasteiger partial charge in [-0.1, -0.05) is 63.1 Å². The van der Waals surface area contributed by atoms with E-state index < -0.39 is 0 Å². The van der Waals surface area contributed by atoms with Gasteiger partial charge in [0.25, 0.3) is 0 Å². The third-order valence-corrected chi connectivity index (χ3v) is 5.22. The molecular formula is C31H35ClEsFN3O5. The number of ether oxygens (including phenoxy) is 1. The second-order valence-corrected chi connectivity index (χ2v) is 7.97. The van der Waals surface area contributed by atoms with E-state index in [1.54, 1.807) is 36.4 Å². The Morgan fingerprint density at radius 3 is 2.31 bits per heavy atom. The van der Waals surface area contributed by atoms with Gasteiger partial charge in [-0.15, -0.1) is 0 Å². The minimum Gasteiger partial charge on any atom is -0.487 e. The molecule has 3 N–H and O–H groups in total. The van der Waals surface area contributed by atoms with E-state index in [0.29, 0.717) is 28.6 Å². The molecule has 0 bridgehead atoms. The molecular weight excluding hydrogens is 801 g/mol. The van der Waals surface area contributed by atoms with Crippen molar-refractivity contribution in [3.05, 3.63) is 113 Å². The van der Waals surface area contributed by atoms with Crippen LogP contribution >= 0.6 is 11.6 Å². The summed E-state index contributed by atoms with van der Waals surface area (Å²) in [6.45, 7) is 10.3. The van der Waals surface area contributed by atoms with Crippen molar-refractivity contribution in [1.29, 1.82) is 0 Å². The summed E-state index contributed by atoms with van der Waals surface area (Å²) in [5.74, 6) is 1.32. The normalized spacial score (nSPS) is 9.07. The molecule has 0 fully saturated rings. The molecule has 0 spiro atoms. The van der Waals surface area contributed by atoms with Crippen LogP contribution in [0.4, 0.5) is 15.9 Å². The fourth-order valence-corrected chi connectivity index (χ4v) is 3.48. The molecule has 0 saturated heterocycles. The number of anilines is 2. The first-order valence-electron chi connectivity index (χ1n) is 12.9. The van der Waals surface area contributed by atoms with Crippen molar-refractivity contribution >= 4 is 40.3 Å². The smallest absolute Gasteiger partial charge is 0.185 e. The number of nitrogens with one attached hydrogen (secondary N) is 1. The van der Waals surface area contributed by atoms with Gasteiger partial charge < -0.3 is 14.5 Å². The molecule has 229 valence electrons. The predicted molar refractivity (Wildman–Crippen MR) is 162 cm³/mol. The van der Waals surface area contributed by atoms with Gasteiger partial charge in [0.1, 0.15) is 30.3 Å². The maximum Gasteiger partial charge on any atom is 0.185 e. The number of furan rings is 1. The molecule has 3 aromatic carbocycles. The SMILES string of the molecule is CC.CC.Cc1ccc2ncnc(Nc3ccc(OCc4cccc(F)c4)c(Cl)c3)c2c1.O=Cc1ccco1.OO.[Es]. The predicted octanol–water partition coefficient (Wildman–Crippen LogP) is 9.22. The van der Waals surface area contributed by atoms with Gasteiger partial charge in [0.2, 0.25) is 0 Å². The van der Waals surface area contributed by atoms with Crippen molar-refractivity contribution in [2.24, 2.45) is 0 Å². The summed E-state index contributed by atoms with van der Waals surface area (Å²) in [7, 11) is 0. The summed E-state index contributed by atoms with van der Waals surface area (Å²) in [5.41, 5.74) is 3.51. The quantitative estimate of drug-likeness (QED) is 0.0881. The molecule has 42 heavy (non-hydrogen) atoms. The van der Waals surface area contributed by atoms with Crippen molar-refractivity contribution in [3.8, 4) is 5.75 Å². The van der Waals surface area contributed by atoms with E-state index in [1.165, 1.54) is 24.7 Å². The van der Waals surface area contributed by atoms with Gasteiger partial charge in [0, 0.05) is 11.1 Å². The molecule has 2 heterocycles. The average Bonchev–Trinajstić information content (AvgIpc) is 3.55. The molecule has 5 rings (SSSR count). The number of fused-ring (bicyclic) bond motifs is 1. The number of aldehydes is 1. The van der Waals surface area contributed by atoms with E-state index in [2.05, 4.69) is 19.7 Å². The molecule has 5 aromatic rings. The van der Waals surface area contributed by atoms with Crippen LogP contribution in [0, 0.1) is 12.7 Å². The number of halogens is 2. The number of aryl methyl sites for hydroxylation is 1. The molecule has 1 radical (unpaired) electrons. The fraction of sp³-hybridized carbons (Fsp3) is 0.194. The summed E-state index contributed by atoms with van der Waals surface area (Å²) >= 11 is 6.36. The number of rotatable bonds is 6. The van der Waals surface area contributed by atoms with Crippen LogP contribution in [0.15, 0.2) is 89.8 Å². The van der Waals surface area contributed by atoms with Gasteiger partial charge in [0.05, 0.1) is 16.8 Å². The van der Waals surface area contributed by atoms with E-state index >= 15 is 0 Å². The third kappa shape index (κ3) is 11.4.